The van der Waals surface area contributed by atoms with Crippen LogP contribution in [0.4, 0.5) is 0 Å². The predicted molar refractivity (Wildman–Crippen MR) is 46.8 cm³/mol. The van der Waals surface area contributed by atoms with Crippen molar-refractivity contribution in [2.24, 2.45) is 11.8 Å². The molecule has 2 atom stereocenters. The molecule has 1 rings (SSSR count). The average molecular weight is 171 g/mol. The van der Waals surface area contributed by atoms with Gasteiger partial charge in [-0.15, -0.1) is 0 Å². The van der Waals surface area contributed by atoms with E-state index in [9.17, 15) is 4.79 Å². The lowest BCUT2D eigenvalue weighted by Gasteiger charge is -2.14. The number of nitrogens with one attached hydrogen (secondary N) is 1. The lowest BCUT2D eigenvalue weighted by Crippen LogP contribution is -2.23. The van der Waals surface area contributed by atoms with E-state index in [1.807, 2.05) is 0 Å². The van der Waals surface area contributed by atoms with Crippen molar-refractivity contribution in [3.63, 3.8) is 0 Å². The summed E-state index contributed by atoms with van der Waals surface area (Å²) >= 11 is 0. The van der Waals surface area contributed by atoms with Gasteiger partial charge in [-0.25, -0.2) is 0 Å². The molecule has 0 spiro atoms. The van der Waals surface area contributed by atoms with E-state index in [0.717, 1.165) is 25.9 Å². The molecule has 1 heterocycles. The maximum atomic E-state index is 11.2. The number of carbonyl (C=O) groups is 1. The molecular weight excluding hydrogens is 154 g/mol. The van der Waals surface area contributed by atoms with Crippen LogP contribution in [0.3, 0.4) is 0 Å². The first-order valence-corrected chi connectivity index (χ1v) is 4.58. The lowest BCUT2D eigenvalue weighted by molar-refractivity contribution is -0.146. The van der Waals surface area contributed by atoms with Gasteiger partial charge in [0.2, 0.25) is 0 Å². The first-order valence-electron chi connectivity index (χ1n) is 4.58. The van der Waals surface area contributed by atoms with E-state index < -0.39 is 0 Å². The minimum atomic E-state index is -0.0570. The summed E-state index contributed by atoms with van der Waals surface area (Å²) in [6.07, 6.45) is 2.26. The minimum absolute atomic E-state index is 0.0570. The Hall–Kier alpha value is -0.570. The summed E-state index contributed by atoms with van der Waals surface area (Å²) in [5.41, 5.74) is 0. The predicted octanol–water partition coefficient (Wildman–Crippen LogP) is 0.795. The number of hydrogen-bond donors (Lipinski definition) is 1. The zero-order chi connectivity index (χ0) is 8.97. The molecule has 0 aromatic rings. The summed E-state index contributed by atoms with van der Waals surface area (Å²) in [5.74, 6) is 0.524. The quantitative estimate of drug-likeness (QED) is 0.638. The van der Waals surface area contributed by atoms with Crippen LogP contribution in [0.1, 0.15) is 19.8 Å². The molecule has 0 aromatic carbocycles. The molecule has 0 bridgehead atoms. The van der Waals surface area contributed by atoms with E-state index in [1.54, 1.807) is 0 Å². The highest BCUT2D eigenvalue weighted by Gasteiger charge is 2.32. The molecule has 2 unspecified atom stereocenters. The largest absolute Gasteiger partial charge is 0.469 e. The summed E-state index contributed by atoms with van der Waals surface area (Å²) in [6, 6.07) is 0. The maximum absolute atomic E-state index is 11.2. The van der Waals surface area contributed by atoms with Crippen molar-refractivity contribution in [2.75, 3.05) is 20.2 Å². The number of ether oxygens (including phenoxy) is 1. The molecule has 0 aromatic heterocycles. The Kier molecular flexibility index (Phi) is 3.53. The smallest absolute Gasteiger partial charge is 0.310 e. The van der Waals surface area contributed by atoms with Crippen molar-refractivity contribution in [1.29, 1.82) is 0 Å². The summed E-state index contributed by atoms with van der Waals surface area (Å²) in [5, 5.41) is 3.22. The van der Waals surface area contributed by atoms with Crippen LogP contribution < -0.4 is 5.32 Å². The molecule has 1 aliphatic rings. The third-order valence-corrected chi connectivity index (χ3v) is 2.50. The zero-order valence-electron chi connectivity index (χ0n) is 7.80. The molecule has 1 aliphatic heterocycles. The van der Waals surface area contributed by atoms with Crippen molar-refractivity contribution < 1.29 is 9.53 Å². The topological polar surface area (TPSA) is 38.3 Å². The van der Waals surface area contributed by atoms with Crippen molar-refractivity contribution in [3.8, 4) is 0 Å². The van der Waals surface area contributed by atoms with Gasteiger partial charge >= 0.3 is 5.97 Å². The van der Waals surface area contributed by atoms with Crippen LogP contribution in [0.2, 0.25) is 0 Å². The molecular formula is C9H17NO2. The Morgan fingerprint density at radius 3 is 2.92 bits per heavy atom. The van der Waals surface area contributed by atoms with Gasteiger partial charge in [0, 0.05) is 6.54 Å². The van der Waals surface area contributed by atoms with Gasteiger partial charge in [-0.1, -0.05) is 13.3 Å². The number of carbonyl (C=O) groups excluding carboxylic acids is 1. The van der Waals surface area contributed by atoms with Crippen LogP contribution in [-0.4, -0.2) is 26.2 Å². The summed E-state index contributed by atoms with van der Waals surface area (Å²) in [6.45, 7) is 3.90. The highest BCUT2D eigenvalue weighted by molar-refractivity contribution is 5.73. The molecule has 1 N–H and O–H groups in total. The Bertz CT molecular complexity index is 159. The molecule has 0 saturated carbocycles. The van der Waals surface area contributed by atoms with E-state index in [2.05, 4.69) is 12.2 Å². The second kappa shape index (κ2) is 4.45. The normalized spacial score (nSPS) is 28.8. The number of hydrogen-bond acceptors (Lipinski definition) is 3. The monoisotopic (exact) mass is 171 g/mol. The van der Waals surface area contributed by atoms with Crippen molar-refractivity contribution in [1.82, 2.24) is 5.32 Å². The van der Waals surface area contributed by atoms with Gasteiger partial charge in [0.15, 0.2) is 0 Å². The summed E-state index contributed by atoms with van der Waals surface area (Å²) in [7, 11) is 1.46. The van der Waals surface area contributed by atoms with Gasteiger partial charge in [-0.3, -0.25) is 4.79 Å². The Morgan fingerprint density at radius 2 is 2.33 bits per heavy atom. The standard InChI is InChI=1S/C9H17NO2/c1-3-4-7-5-10-6-8(7)9(11)12-2/h7-8,10H,3-6H2,1-2H3. The van der Waals surface area contributed by atoms with Crippen LogP contribution >= 0.6 is 0 Å². The average Bonchev–Trinajstić information content (AvgIpc) is 2.52. The van der Waals surface area contributed by atoms with Gasteiger partial charge in [0.05, 0.1) is 13.0 Å². The van der Waals surface area contributed by atoms with Crippen molar-refractivity contribution in [3.05, 3.63) is 0 Å². The molecule has 1 saturated heterocycles. The number of esters is 1. The van der Waals surface area contributed by atoms with Gasteiger partial charge in [-0.2, -0.15) is 0 Å². The first-order chi connectivity index (χ1) is 5.79. The van der Waals surface area contributed by atoms with Crippen LogP contribution in [-0.2, 0) is 9.53 Å². The van der Waals surface area contributed by atoms with Gasteiger partial charge in [-0.05, 0) is 18.9 Å². The fourth-order valence-electron chi connectivity index (χ4n) is 1.83. The van der Waals surface area contributed by atoms with Crippen molar-refractivity contribution >= 4 is 5.97 Å². The molecule has 0 radical (unpaired) electrons. The molecule has 3 nitrogen and oxygen atoms in total. The van der Waals surface area contributed by atoms with E-state index in [4.69, 9.17) is 4.74 Å². The van der Waals surface area contributed by atoms with Crippen molar-refractivity contribution in [2.45, 2.75) is 19.8 Å². The van der Waals surface area contributed by atoms with E-state index in [1.165, 1.54) is 7.11 Å². The fraction of sp³-hybridized carbons (Fsp3) is 0.889. The molecule has 70 valence electrons. The molecule has 0 amide bonds. The second-order valence-electron chi connectivity index (χ2n) is 3.34. The van der Waals surface area contributed by atoms with Crippen LogP contribution in [0.25, 0.3) is 0 Å². The van der Waals surface area contributed by atoms with Gasteiger partial charge in [0.1, 0.15) is 0 Å². The highest BCUT2D eigenvalue weighted by atomic mass is 16.5. The van der Waals surface area contributed by atoms with E-state index in [0.29, 0.717) is 5.92 Å². The Morgan fingerprint density at radius 1 is 1.58 bits per heavy atom. The third kappa shape index (κ3) is 1.97. The first kappa shape index (κ1) is 9.52. The zero-order valence-corrected chi connectivity index (χ0v) is 7.80. The molecule has 3 heteroatoms. The SMILES string of the molecule is CCCC1CNCC1C(=O)OC. The van der Waals surface area contributed by atoms with E-state index >= 15 is 0 Å². The minimum Gasteiger partial charge on any atom is -0.469 e. The van der Waals surface area contributed by atoms with E-state index in [-0.39, 0.29) is 11.9 Å². The number of methoxy groups -OCH3 is 1. The third-order valence-electron chi connectivity index (χ3n) is 2.50. The fourth-order valence-corrected chi connectivity index (χ4v) is 1.83. The number of rotatable bonds is 3. The maximum Gasteiger partial charge on any atom is 0.310 e. The molecule has 0 aliphatic carbocycles. The van der Waals surface area contributed by atoms with Gasteiger partial charge in [0.25, 0.3) is 0 Å². The molecule has 1 fully saturated rings. The Balaban J connectivity index is 2.45. The highest BCUT2D eigenvalue weighted by Crippen LogP contribution is 2.22. The summed E-state index contributed by atoms with van der Waals surface area (Å²) < 4.78 is 4.73. The second-order valence-corrected chi connectivity index (χ2v) is 3.34. The van der Waals surface area contributed by atoms with Crippen LogP contribution in [0.5, 0.6) is 0 Å². The molecule has 12 heavy (non-hydrogen) atoms. The van der Waals surface area contributed by atoms with Crippen LogP contribution in [0.15, 0.2) is 0 Å². The Labute approximate surface area is 73.5 Å². The van der Waals surface area contributed by atoms with Crippen LogP contribution in [0, 0.1) is 11.8 Å². The van der Waals surface area contributed by atoms with Gasteiger partial charge < -0.3 is 10.1 Å². The summed E-state index contributed by atoms with van der Waals surface area (Å²) in [4.78, 5) is 11.2. The lowest BCUT2D eigenvalue weighted by atomic mass is 9.92.